The van der Waals surface area contributed by atoms with Crippen molar-refractivity contribution in [3.05, 3.63) is 12.1 Å². The van der Waals surface area contributed by atoms with Gasteiger partial charge < -0.3 is 30.2 Å². The Kier molecular flexibility index (Phi) is 6.05. The third-order valence-corrected chi connectivity index (χ3v) is 5.32. The summed E-state index contributed by atoms with van der Waals surface area (Å²) >= 11 is 0. The number of carbonyl (C=O) groups excluding carboxylic acids is 2. The molecule has 0 spiro atoms. The van der Waals surface area contributed by atoms with Crippen LogP contribution in [0.2, 0.25) is 0 Å². The molecule has 2 amide bonds. The zero-order valence-corrected chi connectivity index (χ0v) is 16.0. The normalized spacial score (nSPS) is 24.4. The molecule has 0 bridgehead atoms. The molecule has 1 aromatic rings. The summed E-state index contributed by atoms with van der Waals surface area (Å²) in [4.78, 5) is 24.9. The van der Waals surface area contributed by atoms with Crippen molar-refractivity contribution in [1.29, 1.82) is 0 Å². The molecule has 8 heteroatoms. The van der Waals surface area contributed by atoms with Gasteiger partial charge >= 0.3 is 0 Å². The van der Waals surface area contributed by atoms with Crippen LogP contribution < -0.4 is 30.2 Å². The second-order valence-corrected chi connectivity index (χ2v) is 7.03. The van der Waals surface area contributed by atoms with Gasteiger partial charge in [-0.1, -0.05) is 6.42 Å². The molecule has 1 heterocycles. The minimum absolute atomic E-state index is 0.0572. The van der Waals surface area contributed by atoms with E-state index in [1.165, 1.54) is 27.8 Å². The van der Waals surface area contributed by atoms with Crippen molar-refractivity contribution >= 4 is 17.5 Å². The summed E-state index contributed by atoms with van der Waals surface area (Å²) in [5, 5.41) is 7.98. The summed E-state index contributed by atoms with van der Waals surface area (Å²) in [7, 11) is 4.56. The van der Waals surface area contributed by atoms with Crippen molar-refractivity contribution in [2.24, 2.45) is 0 Å². The van der Waals surface area contributed by atoms with Crippen LogP contribution in [0.1, 0.15) is 32.1 Å². The molecule has 4 N–H and O–H groups in total. The van der Waals surface area contributed by atoms with Crippen LogP contribution in [0, 0.1) is 0 Å². The number of ether oxygens (including phenoxy) is 3. The number of rotatable bonds is 6. The Labute approximate surface area is 158 Å². The minimum atomic E-state index is -0.397. The highest BCUT2D eigenvalue weighted by molar-refractivity contribution is 5.95. The van der Waals surface area contributed by atoms with Gasteiger partial charge in [0.25, 0.3) is 5.91 Å². The Balaban J connectivity index is 1.66. The van der Waals surface area contributed by atoms with E-state index in [1.807, 2.05) is 0 Å². The van der Waals surface area contributed by atoms with E-state index in [1.54, 1.807) is 12.1 Å². The maximum Gasteiger partial charge on any atom is 0.279 e. The standard InChI is InChI=1S/C19H27N3O5/c1-25-15-8-11(9-16(26-2)18(15)27-3)20-17(23)10-14-19(24)22-13-7-5-4-6-12(13)21-14/h8-9,12-14,21H,4-7,10H2,1-3H3,(H,20,23)(H,22,24)/p+1/t12-,13+,14-/m1/s1. The average Bonchev–Trinajstić information content (AvgIpc) is 2.67. The largest absolute Gasteiger partial charge is 0.493 e. The summed E-state index contributed by atoms with van der Waals surface area (Å²) in [5.74, 6) is 1.09. The quantitative estimate of drug-likeness (QED) is 0.666. The van der Waals surface area contributed by atoms with E-state index in [9.17, 15) is 9.59 Å². The molecule has 0 aromatic heterocycles. The number of nitrogens with two attached hydrogens (primary N) is 1. The summed E-state index contributed by atoms with van der Waals surface area (Å²) in [6.45, 7) is 0. The van der Waals surface area contributed by atoms with Gasteiger partial charge in [0.05, 0.1) is 33.8 Å². The van der Waals surface area contributed by atoms with Gasteiger partial charge in [0.2, 0.25) is 11.7 Å². The molecule has 2 fully saturated rings. The van der Waals surface area contributed by atoms with Gasteiger partial charge in [-0.2, -0.15) is 0 Å². The number of amides is 2. The third kappa shape index (κ3) is 4.27. The molecular weight excluding hydrogens is 350 g/mol. The molecule has 3 rings (SSSR count). The number of benzene rings is 1. The monoisotopic (exact) mass is 378 g/mol. The molecule has 0 unspecified atom stereocenters. The second kappa shape index (κ2) is 8.47. The molecule has 1 aromatic carbocycles. The maximum atomic E-state index is 12.5. The number of carbonyl (C=O) groups is 2. The van der Waals surface area contributed by atoms with E-state index in [2.05, 4.69) is 16.0 Å². The predicted molar refractivity (Wildman–Crippen MR) is 99.2 cm³/mol. The lowest BCUT2D eigenvalue weighted by molar-refractivity contribution is -0.718. The van der Waals surface area contributed by atoms with Crippen molar-refractivity contribution in [2.75, 3.05) is 26.6 Å². The Morgan fingerprint density at radius 3 is 2.44 bits per heavy atom. The second-order valence-electron chi connectivity index (χ2n) is 7.03. The first-order chi connectivity index (χ1) is 13.0. The van der Waals surface area contributed by atoms with Gasteiger partial charge in [0, 0.05) is 24.2 Å². The highest BCUT2D eigenvalue weighted by atomic mass is 16.5. The molecule has 2 aliphatic rings. The molecular formula is C19H28N3O5+. The molecule has 1 saturated heterocycles. The molecule has 8 nitrogen and oxygen atoms in total. The van der Waals surface area contributed by atoms with Crippen LogP contribution in [-0.2, 0) is 9.59 Å². The third-order valence-electron chi connectivity index (χ3n) is 5.32. The van der Waals surface area contributed by atoms with Crippen LogP contribution in [0.3, 0.4) is 0 Å². The lowest BCUT2D eigenvalue weighted by atomic mass is 9.87. The van der Waals surface area contributed by atoms with E-state index in [-0.39, 0.29) is 24.3 Å². The lowest BCUT2D eigenvalue weighted by Crippen LogP contribution is -3.03. The summed E-state index contributed by atoms with van der Waals surface area (Å²) < 4.78 is 15.9. The first-order valence-corrected chi connectivity index (χ1v) is 9.31. The predicted octanol–water partition coefficient (Wildman–Crippen LogP) is 0.414. The number of nitrogens with one attached hydrogen (secondary N) is 2. The molecule has 148 valence electrons. The maximum absolute atomic E-state index is 12.5. The highest BCUT2D eigenvalue weighted by Gasteiger charge is 2.40. The van der Waals surface area contributed by atoms with E-state index >= 15 is 0 Å². The number of hydrogen-bond acceptors (Lipinski definition) is 5. The fourth-order valence-electron chi connectivity index (χ4n) is 3.97. The number of piperazine rings is 1. The van der Waals surface area contributed by atoms with Gasteiger partial charge in [-0.05, 0) is 12.8 Å². The Bertz CT molecular complexity index is 684. The lowest BCUT2D eigenvalue weighted by Gasteiger charge is -2.37. The molecule has 27 heavy (non-hydrogen) atoms. The molecule has 1 saturated carbocycles. The van der Waals surface area contributed by atoms with Gasteiger partial charge in [-0.3, -0.25) is 9.59 Å². The number of quaternary nitrogens is 1. The zero-order valence-electron chi connectivity index (χ0n) is 16.0. The van der Waals surface area contributed by atoms with Crippen LogP contribution >= 0.6 is 0 Å². The van der Waals surface area contributed by atoms with Crippen molar-refractivity contribution in [3.8, 4) is 17.2 Å². The Hall–Kier alpha value is -2.48. The molecule has 1 aliphatic heterocycles. The van der Waals surface area contributed by atoms with E-state index in [0.717, 1.165) is 19.3 Å². The average molecular weight is 378 g/mol. The Morgan fingerprint density at radius 1 is 1.15 bits per heavy atom. The SMILES string of the molecule is COc1cc(NC(=O)C[C@H]2[NH2+][C@@H]3CCCC[C@@H]3NC2=O)cc(OC)c1OC. The summed E-state index contributed by atoms with van der Waals surface area (Å²) in [5.41, 5.74) is 0.529. The van der Waals surface area contributed by atoms with Crippen molar-refractivity contribution in [3.63, 3.8) is 0 Å². The fourth-order valence-corrected chi connectivity index (χ4v) is 3.97. The van der Waals surface area contributed by atoms with Crippen LogP contribution in [-0.4, -0.2) is 51.3 Å². The van der Waals surface area contributed by atoms with E-state index in [0.29, 0.717) is 29.0 Å². The first kappa shape index (κ1) is 19.3. The minimum Gasteiger partial charge on any atom is -0.493 e. The van der Waals surface area contributed by atoms with Gasteiger partial charge in [-0.15, -0.1) is 0 Å². The van der Waals surface area contributed by atoms with Crippen LogP contribution in [0.25, 0.3) is 0 Å². The van der Waals surface area contributed by atoms with Crippen LogP contribution in [0.5, 0.6) is 17.2 Å². The van der Waals surface area contributed by atoms with Gasteiger partial charge in [-0.25, -0.2) is 0 Å². The first-order valence-electron chi connectivity index (χ1n) is 9.31. The molecule has 0 radical (unpaired) electrons. The number of hydrogen-bond donors (Lipinski definition) is 3. The Morgan fingerprint density at radius 2 is 1.81 bits per heavy atom. The van der Waals surface area contributed by atoms with E-state index in [4.69, 9.17) is 14.2 Å². The van der Waals surface area contributed by atoms with E-state index < -0.39 is 6.04 Å². The number of methoxy groups -OCH3 is 3. The summed E-state index contributed by atoms with van der Waals surface area (Å²) in [6, 6.07) is 3.55. The topological polar surface area (TPSA) is 102 Å². The highest BCUT2D eigenvalue weighted by Crippen LogP contribution is 2.39. The molecule has 1 aliphatic carbocycles. The van der Waals surface area contributed by atoms with Crippen molar-refractivity contribution < 1.29 is 29.1 Å². The van der Waals surface area contributed by atoms with Gasteiger partial charge in [0.1, 0.15) is 6.04 Å². The smallest absolute Gasteiger partial charge is 0.279 e. The zero-order chi connectivity index (χ0) is 19.4. The van der Waals surface area contributed by atoms with Crippen molar-refractivity contribution in [1.82, 2.24) is 5.32 Å². The van der Waals surface area contributed by atoms with Crippen LogP contribution in [0.4, 0.5) is 5.69 Å². The number of anilines is 1. The molecule has 3 atom stereocenters. The van der Waals surface area contributed by atoms with Crippen LogP contribution in [0.15, 0.2) is 12.1 Å². The summed E-state index contributed by atoms with van der Waals surface area (Å²) in [6.07, 6.45) is 4.55. The van der Waals surface area contributed by atoms with Gasteiger partial charge in [0.15, 0.2) is 17.5 Å². The van der Waals surface area contributed by atoms with Crippen molar-refractivity contribution in [2.45, 2.75) is 50.2 Å². The fraction of sp³-hybridized carbons (Fsp3) is 0.579. The number of fused-ring (bicyclic) bond motifs is 1.